The van der Waals surface area contributed by atoms with Crippen molar-refractivity contribution < 1.29 is 0 Å². The van der Waals surface area contributed by atoms with Gasteiger partial charge in [0.25, 0.3) is 0 Å². The molecule has 0 saturated heterocycles. The minimum Gasteiger partial charge on any atom is -0.401 e. The zero-order valence-corrected chi connectivity index (χ0v) is 14.1. The van der Waals surface area contributed by atoms with Gasteiger partial charge in [0.1, 0.15) is 0 Å². The third-order valence-electron chi connectivity index (χ3n) is 4.58. The second-order valence-electron chi connectivity index (χ2n) is 6.83. The first-order chi connectivity index (χ1) is 9.67. The van der Waals surface area contributed by atoms with Gasteiger partial charge in [0.15, 0.2) is 0 Å². The van der Waals surface area contributed by atoms with E-state index >= 15 is 0 Å². The summed E-state index contributed by atoms with van der Waals surface area (Å²) in [7, 11) is 1.92. The average Bonchev–Trinajstić information content (AvgIpc) is 2.39. The van der Waals surface area contributed by atoms with E-state index in [1.54, 1.807) is 0 Å². The number of rotatable bonds is 6. The Morgan fingerprint density at radius 3 is 2.29 bits per heavy atom. The lowest BCUT2D eigenvalue weighted by atomic mass is 9.69. The van der Waals surface area contributed by atoms with Crippen LogP contribution < -0.4 is 27.8 Å². The molecule has 1 aliphatic rings. The first kappa shape index (κ1) is 18.2. The Hall–Kier alpha value is -0.880. The monoisotopic (exact) mass is 295 g/mol. The van der Waals surface area contributed by atoms with E-state index in [1.165, 1.54) is 0 Å². The fourth-order valence-electron chi connectivity index (χ4n) is 3.28. The predicted molar refractivity (Wildman–Crippen MR) is 90.7 cm³/mol. The van der Waals surface area contributed by atoms with Crippen LogP contribution in [0.3, 0.4) is 0 Å². The van der Waals surface area contributed by atoms with Crippen molar-refractivity contribution >= 4 is 0 Å². The lowest BCUT2D eigenvalue weighted by Crippen LogP contribution is -2.64. The number of likely N-dealkylation sites (N-methyl/N-ethyl adjacent to an activating group) is 1. The summed E-state index contributed by atoms with van der Waals surface area (Å²) in [5.74, 6) is 0.190. The standard InChI is InChI=1S/C16H33N5/c1-7-8-10-12(17)11(16(4,5)20-6)13(18)14(19)15(10)21-9(2)3/h7,9-10,12,14-15,20-21H,1,8,17-19H2,2-6H3. The molecule has 0 bridgehead atoms. The lowest BCUT2D eigenvalue weighted by Gasteiger charge is -2.47. The number of allylic oxidation sites excluding steroid dienone is 1. The molecule has 1 rings (SSSR count). The summed E-state index contributed by atoms with van der Waals surface area (Å²) in [5, 5.41) is 6.82. The molecule has 4 atom stereocenters. The van der Waals surface area contributed by atoms with Gasteiger partial charge < -0.3 is 27.8 Å². The second-order valence-corrected chi connectivity index (χ2v) is 6.83. The summed E-state index contributed by atoms with van der Waals surface area (Å²) >= 11 is 0. The molecule has 0 aromatic heterocycles. The molecule has 21 heavy (non-hydrogen) atoms. The maximum atomic E-state index is 6.57. The maximum Gasteiger partial charge on any atom is 0.0602 e. The van der Waals surface area contributed by atoms with Crippen molar-refractivity contribution in [2.45, 2.75) is 63.8 Å². The molecule has 0 aliphatic heterocycles. The highest BCUT2D eigenvalue weighted by atomic mass is 15.0. The fraction of sp³-hybridized carbons (Fsp3) is 0.750. The van der Waals surface area contributed by atoms with Crippen LogP contribution in [0.2, 0.25) is 0 Å². The average molecular weight is 295 g/mol. The number of hydrogen-bond donors (Lipinski definition) is 5. The molecular weight excluding hydrogens is 262 g/mol. The maximum absolute atomic E-state index is 6.57. The summed E-state index contributed by atoms with van der Waals surface area (Å²) in [4.78, 5) is 0. The Kier molecular flexibility index (Phi) is 5.99. The van der Waals surface area contributed by atoms with E-state index in [-0.39, 0.29) is 29.6 Å². The van der Waals surface area contributed by atoms with Gasteiger partial charge in [0.05, 0.1) is 6.04 Å². The van der Waals surface area contributed by atoms with E-state index in [9.17, 15) is 0 Å². The third kappa shape index (κ3) is 3.66. The van der Waals surface area contributed by atoms with E-state index in [0.717, 1.165) is 12.0 Å². The first-order valence-electron chi connectivity index (χ1n) is 7.74. The minimum atomic E-state index is -0.274. The van der Waals surface area contributed by atoms with Crippen LogP contribution in [0.1, 0.15) is 34.1 Å². The molecule has 0 spiro atoms. The molecule has 8 N–H and O–H groups in total. The topological polar surface area (TPSA) is 102 Å². The van der Waals surface area contributed by atoms with Gasteiger partial charge in [-0.15, -0.1) is 6.58 Å². The van der Waals surface area contributed by atoms with Gasteiger partial charge in [-0.1, -0.05) is 19.9 Å². The number of nitrogens with two attached hydrogens (primary N) is 3. The van der Waals surface area contributed by atoms with Crippen LogP contribution in [0.25, 0.3) is 0 Å². The molecule has 0 aromatic carbocycles. The summed E-state index contributed by atoms with van der Waals surface area (Å²) in [6, 6.07) is 0.0166. The molecule has 5 heteroatoms. The van der Waals surface area contributed by atoms with Crippen LogP contribution >= 0.6 is 0 Å². The normalized spacial score (nSPS) is 30.9. The highest BCUT2D eigenvalue weighted by Gasteiger charge is 2.44. The van der Waals surface area contributed by atoms with Crippen LogP contribution in [0.5, 0.6) is 0 Å². The van der Waals surface area contributed by atoms with Gasteiger partial charge in [-0.25, -0.2) is 0 Å². The third-order valence-corrected chi connectivity index (χ3v) is 4.58. The van der Waals surface area contributed by atoms with Crippen LogP contribution in [0.4, 0.5) is 0 Å². The first-order valence-corrected chi connectivity index (χ1v) is 7.74. The molecular formula is C16H33N5. The Bertz CT molecular complexity index is 399. The van der Waals surface area contributed by atoms with E-state index < -0.39 is 0 Å². The predicted octanol–water partition coefficient (Wildman–Crippen LogP) is 0.424. The van der Waals surface area contributed by atoms with Gasteiger partial charge in [-0.3, -0.25) is 0 Å². The largest absolute Gasteiger partial charge is 0.401 e. The van der Waals surface area contributed by atoms with Crippen LogP contribution in [-0.2, 0) is 0 Å². The SMILES string of the molecule is C=CCC1C(N)C(C(C)(C)NC)=C(N)C(N)C1NC(C)C. The summed E-state index contributed by atoms with van der Waals surface area (Å²) < 4.78 is 0. The summed E-state index contributed by atoms with van der Waals surface area (Å²) in [6.45, 7) is 12.3. The molecule has 0 heterocycles. The number of hydrogen-bond acceptors (Lipinski definition) is 5. The highest BCUT2D eigenvalue weighted by Crippen LogP contribution is 2.34. The molecule has 0 aromatic rings. The van der Waals surface area contributed by atoms with Crippen molar-refractivity contribution in [1.82, 2.24) is 10.6 Å². The van der Waals surface area contributed by atoms with Crippen LogP contribution in [0.15, 0.2) is 23.9 Å². The molecule has 4 unspecified atom stereocenters. The molecule has 1 aliphatic carbocycles. The van der Waals surface area contributed by atoms with Gasteiger partial charge in [-0.05, 0) is 38.8 Å². The van der Waals surface area contributed by atoms with E-state index in [1.807, 2.05) is 13.1 Å². The van der Waals surface area contributed by atoms with E-state index in [4.69, 9.17) is 17.2 Å². The zero-order valence-electron chi connectivity index (χ0n) is 14.1. The second kappa shape index (κ2) is 6.92. The highest BCUT2D eigenvalue weighted by molar-refractivity contribution is 5.36. The van der Waals surface area contributed by atoms with Crippen molar-refractivity contribution in [2.75, 3.05) is 7.05 Å². The smallest absolute Gasteiger partial charge is 0.0602 e. The lowest BCUT2D eigenvalue weighted by molar-refractivity contribution is 0.243. The van der Waals surface area contributed by atoms with Gasteiger partial charge in [0.2, 0.25) is 0 Å². The van der Waals surface area contributed by atoms with Crippen molar-refractivity contribution in [3.05, 3.63) is 23.9 Å². The number of nitrogens with one attached hydrogen (secondary N) is 2. The Labute approximate surface area is 129 Å². The van der Waals surface area contributed by atoms with Crippen molar-refractivity contribution in [3.8, 4) is 0 Å². The summed E-state index contributed by atoms with van der Waals surface area (Å²) in [6.07, 6.45) is 2.73. The molecule has 0 fully saturated rings. The summed E-state index contributed by atoms with van der Waals surface area (Å²) in [5.41, 5.74) is 20.8. The Morgan fingerprint density at radius 2 is 1.86 bits per heavy atom. The zero-order chi connectivity index (χ0) is 16.4. The fourth-order valence-corrected chi connectivity index (χ4v) is 3.28. The van der Waals surface area contributed by atoms with Crippen LogP contribution in [-0.4, -0.2) is 36.8 Å². The molecule has 0 radical (unpaired) electrons. The van der Waals surface area contributed by atoms with Gasteiger partial charge >= 0.3 is 0 Å². The van der Waals surface area contributed by atoms with Gasteiger partial charge in [0, 0.05) is 29.4 Å². The van der Waals surface area contributed by atoms with Crippen molar-refractivity contribution in [2.24, 2.45) is 23.1 Å². The van der Waals surface area contributed by atoms with Crippen molar-refractivity contribution in [1.29, 1.82) is 0 Å². The van der Waals surface area contributed by atoms with E-state index in [0.29, 0.717) is 11.7 Å². The van der Waals surface area contributed by atoms with Gasteiger partial charge in [-0.2, -0.15) is 0 Å². The molecule has 0 amide bonds. The molecule has 122 valence electrons. The van der Waals surface area contributed by atoms with E-state index in [2.05, 4.69) is 44.9 Å². The quantitative estimate of drug-likeness (QED) is 0.457. The Morgan fingerprint density at radius 1 is 1.29 bits per heavy atom. The Balaban J connectivity index is 3.29. The van der Waals surface area contributed by atoms with Crippen molar-refractivity contribution in [3.63, 3.8) is 0 Å². The molecule has 0 saturated carbocycles. The minimum absolute atomic E-state index is 0.0643. The molecule has 5 nitrogen and oxygen atoms in total. The van der Waals surface area contributed by atoms with Crippen LogP contribution in [0, 0.1) is 5.92 Å².